The Kier molecular flexibility index (Phi) is 5.47. The van der Waals surface area contributed by atoms with Crippen molar-refractivity contribution in [2.45, 2.75) is 6.92 Å². The number of hydrogen-bond acceptors (Lipinski definition) is 2. The molecular formula is C18H19ClN2. The van der Waals surface area contributed by atoms with Crippen LogP contribution in [-0.2, 0) is 0 Å². The van der Waals surface area contributed by atoms with Gasteiger partial charge in [0.25, 0.3) is 0 Å². The fraction of sp³-hybridized carbons (Fsp3) is 0.111. The van der Waals surface area contributed by atoms with Gasteiger partial charge in [0.05, 0.1) is 0 Å². The molecule has 0 saturated heterocycles. The lowest BCUT2D eigenvalue weighted by atomic mass is 10.1. The summed E-state index contributed by atoms with van der Waals surface area (Å²) in [5.74, 6) is 0. The molecule has 0 bridgehead atoms. The smallest absolute Gasteiger partial charge is 0.0407 e. The number of nitrogens with one attached hydrogen (secondary N) is 1. The summed E-state index contributed by atoms with van der Waals surface area (Å²) in [6, 6.07) is 21.8. The normalized spacial score (nSPS) is 9.81. The molecule has 3 N–H and O–H groups in total. The molecule has 0 aliphatic rings. The maximum atomic E-state index is 5.68. The van der Waals surface area contributed by atoms with Gasteiger partial charge in [-0.15, -0.1) is 0 Å². The van der Waals surface area contributed by atoms with Gasteiger partial charge < -0.3 is 11.1 Å². The third kappa shape index (κ3) is 4.69. The molecule has 0 aliphatic heterocycles. The second kappa shape index (κ2) is 7.55. The van der Waals surface area contributed by atoms with Crippen molar-refractivity contribution in [3.63, 3.8) is 0 Å². The maximum absolute atomic E-state index is 5.68. The van der Waals surface area contributed by atoms with Crippen molar-refractivity contribution in [1.29, 1.82) is 0 Å². The minimum atomic E-state index is 0.779. The molecule has 21 heavy (non-hydrogen) atoms. The summed E-state index contributed by atoms with van der Waals surface area (Å²) in [4.78, 5) is 0. The van der Waals surface area contributed by atoms with Gasteiger partial charge in [0.15, 0.2) is 0 Å². The molecule has 3 heteroatoms. The molecule has 2 nitrogen and oxygen atoms in total. The summed E-state index contributed by atoms with van der Waals surface area (Å²) in [6.07, 6.45) is 0. The summed E-state index contributed by atoms with van der Waals surface area (Å²) in [5.41, 5.74) is 7.56. The van der Waals surface area contributed by atoms with Crippen LogP contribution in [0.15, 0.2) is 66.7 Å². The molecule has 0 heterocycles. The van der Waals surface area contributed by atoms with Crippen LogP contribution in [0, 0.1) is 0 Å². The van der Waals surface area contributed by atoms with E-state index in [1.165, 1.54) is 10.8 Å². The van der Waals surface area contributed by atoms with E-state index in [1.807, 2.05) is 54.6 Å². The van der Waals surface area contributed by atoms with E-state index in [4.69, 9.17) is 17.3 Å². The van der Waals surface area contributed by atoms with Crippen molar-refractivity contribution in [1.82, 2.24) is 0 Å². The summed E-state index contributed by atoms with van der Waals surface area (Å²) >= 11 is 5.68. The summed E-state index contributed by atoms with van der Waals surface area (Å²) < 4.78 is 0. The highest BCUT2D eigenvalue weighted by Crippen LogP contribution is 2.16. The van der Waals surface area contributed by atoms with Crippen molar-refractivity contribution in [2.24, 2.45) is 0 Å². The highest BCUT2D eigenvalue weighted by atomic mass is 35.5. The molecule has 0 fully saturated rings. The van der Waals surface area contributed by atoms with E-state index >= 15 is 0 Å². The summed E-state index contributed by atoms with van der Waals surface area (Å²) in [5, 5.41) is 6.39. The largest absolute Gasteiger partial charge is 0.399 e. The van der Waals surface area contributed by atoms with Crippen molar-refractivity contribution >= 4 is 33.7 Å². The highest BCUT2D eigenvalue weighted by Gasteiger charge is 1.90. The minimum Gasteiger partial charge on any atom is -0.399 e. The van der Waals surface area contributed by atoms with Crippen LogP contribution < -0.4 is 11.1 Å². The monoisotopic (exact) mass is 298 g/mol. The van der Waals surface area contributed by atoms with Crippen LogP contribution in [0.1, 0.15) is 6.92 Å². The fourth-order valence-electron chi connectivity index (χ4n) is 1.98. The standard InChI is InChI=1S/C10H9N.C8H10ClN/c11-10-6-5-8-3-1-2-4-9(8)7-10;1-2-10-8-5-3-7(9)4-6-8/h1-7H,11H2;3-6,10H,2H2,1H3. The van der Waals surface area contributed by atoms with E-state index in [0.717, 1.165) is 22.9 Å². The number of anilines is 2. The van der Waals surface area contributed by atoms with Crippen molar-refractivity contribution < 1.29 is 0 Å². The number of fused-ring (bicyclic) bond motifs is 1. The lowest BCUT2D eigenvalue weighted by molar-refractivity contribution is 1.21. The molecule has 108 valence electrons. The first-order valence-corrected chi connectivity index (χ1v) is 7.30. The quantitative estimate of drug-likeness (QED) is 0.639. The Morgan fingerprint density at radius 1 is 0.905 bits per heavy atom. The molecule has 0 radical (unpaired) electrons. The Bertz CT molecular complexity index is 693. The van der Waals surface area contributed by atoms with Gasteiger partial charge in [-0.1, -0.05) is 41.9 Å². The zero-order chi connectivity index (χ0) is 15.1. The second-order valence-electron chi connectivity index (χ2n) is 4.64. The molecule has 3 aromatic rings. The van der Waals surface area contributed by atoms with Crippen LogP contribution in [0.5, 0.6) is 0 Å². The van der Waals surface area contributed by atoms with Crippen LogP contribution in [-0.4, -0.2) is 6.54 Å². The first-order chi connectivity index (χ1) is 10.2. The van der Waals surface area contributed by atoms with Gasteiger partial charge in [0, 0.05) is 22.9 Å². The molecule has 0 aliphatic carbocycles. The zero-order valence-electron chi connectivity index (χ0n) is 12.0. The number of halogens is 1. The lowest BCUT2D eigenvalue weighted by Crippen LogP contribution is -1.94. The third-order valence-electron chi connectivity index (χ3n) is 3.00. The Balaban J connectivity index is 0.000000155. The van der Waals surface area contributed by atoms with E-state index in [9.17, 15) is 0 Å². The summed E-state index contributed by atoms with van der Waals surface area (Å²) in [6.45, 7) is 3.01. The van der Waals surface area contributed by atoms with Crippen molar-refractivity contribution in [3.8, 4) is 0 Å². The zero-order valence-corrected chi connectivity index (χ0v) is 12.8. The minimum absolute atomic E-state index is 0.779. The van der Waals surface area contributed by atoms with Gasteiger partial charge in [-0.25, -0.2) is 0 Å². The number of rotatable bonds is 2. The number of nitrogens with two attached hydrogens (primary N) is 1. The van der Waals surface area contributed by atoms with Crippen LogP contribution in [0.2, 0.25) is 5.02 Å². The fourth-order valence-corrected chi connectivity index (χ4v) is 2.11. The molecule has 0 aromatic heterocycles. The first-order valence-electron chi connectivity index (χ1n) is 6.93. The van der Waals surface area contributed by atoms with Gasteiger partial charge in [-0.2, -0.15) is 0 Å². The topological polar surface area (TPSA) is 38.0 Å². The SMILES string of the molecule is CCNc1ccc(Cl)cc1.Nc1ccc2ccccc2c1. The van der Waals surface area contributed by atoms with E-state index < -0.39 is 0 Å². The Morgan fingerprint density at radius 2 is 1.57 bits per heavy atom. The first kappa shape index (κ1) is 15.2. The summed E-state index contributed by atoms with van der Waals surface area (Å²) in [7, 11) is 0. The molecule has 3 aromatic carbocycles. The van der Waals surface area contributed by atoms with Gasteiger partial charge in [-0.3, -0.25) is 0 Å². The van der Waals surface area contributed by atoms with Gasteiger partial charge >= 0.3 is 0 Å². The van der Waals surface area contributed by atoms with Crippen LogP contribution in [0.4, 0.5) is 11.4 Å². The van der Waals surface area contributed by atoms with Crippen LogP contribution in [0.25, 0.3) is 10.8 Å². The highest BCUT2D eigenvalue weighted by molar-refractivity contribution is 6.30. The van der Waals surface area contributed by atoms with Crippen LogP contribution >= 0.6 is 11.6 Å². The number of nitrogen functional groups attached to an aromatic ring is 1. The predicted molar refractivity (Wildman–Crippen MR) is 94.0 cm³/mol. The van der Waals surface area contributed by atoms with Crippen molar-refractivity contribution in [2.75, 3.05) is 17.6 Å². The Labute approximate surface area is 130 Å². The number of hydrogen-bond donors (Lipinski definition) is 2. The van der Waals surface area contributed by atoms with E-state index in [2.05, 4.69) is 24.4 Å². The maximum Gasteiger partial charge on any atom is 0.0407 e. The average molecular weight is 299 g/mol. The molecule has 0 unspecified atom stereocenters. The molecular weight excluding hydrogens is 280 g/mol. The van der Waals surface area contributed by atoms with E-state index in [1.54, 1.807) is 0 Å². The molecule has 0 atom stereocenters. The molecule has 0 saturated carbocycles. The molecule has 0 amide bonds. The molecule has 3 rings (SSSR count). The van der Waals surface area contributed by atoms with E-state index in [0.29, 0.717) is 0 Å². The predicted octanol–water partition coefficient (Wildman–Crippen LogP) is 5.19. The number of benzene rings is 3. The van der Waals surface area contributed by atoms with Crippen molar-refractivity contribution in [3.05, 3.63) is 71.8 Å². The second-order valence-corrected chi connectivity index (χ2v) is 5.08. The van der Waals surface area contributed by atoms with Gasteiger partial charge in [0.1, 0.15) is 0 Å². The average Bonchev–Trinajstić information content (AvgIpc) is 2.50. The van der Waals surface area contributed by atoms with E-state index in [-0.39, 0.29) is 0 Å². The van der Waals surface area contributed by atoms with Gasteiger partial charge in [0.2, 0.25) is 0 Å². The third-order valence-corrected chi connectivity index (χ3v) is 3.25. The lowest BCUT2D eigenvalue weighted by Gasteiger charge is -2.00. The van der Waals surface area contributed by atoms with Gasteiger partial charge in [-0.05, 0) is 54.1 Å². The Morgan fingerprint density at radius 3 is 2.24 bits per heavy atom. The van der Waals surface area contributed by atoms with Crippen LogP contribution in [0.3, 0.4) is 0 Å². The Hall–Kier alpha value is -2.19. The molecule has 0 spiro atoms.